The zero-order valence-electron chi connectivity index (χ0n) is 43.8. The molecule has 2 nitrogen and oxygen atoms in total. The molecule has 0 aromatic heterocycles. The van der Waals surface area contributed by atoms with Crippen molar-refractivity contribution >= 4 is 34.1 Å². The Morgan fingerprint density at radius 3 is 0.946 bits per heavy atom. The number of anilines is 6. The minimum atomic E-state index is -0.232. The first kappa shape index (κ1) is 45.6. The van der Waals surface area contributed by atoms with Gasteiger partial charge in [0, 0.05) is 55.8 Å². The quantitative estimate of drug-likeness (QED) is 0.150. The van der Waals surface area contributed by atoms with E-state index in [1.54, 1.807) is 0 Å². The van der Waals surface area contributed by atoms with Crippen LogP contribution < -0.4 is 9.80 Å². The minimum Gasteiger partial charge on any atom is -0.310 e. The van der Waals surface area contributed by atoms with E-state index in [1.807, 2.05) is 0 Å². The van der Waals surface area contributed by atoms with Crippen LogP contribution in [0.2, 0.25) is 0 Å². The van der Waals surface area contributed by atoms with Crippen LogP contribution in [0, 0.1) is 0 Å². The number of rotatable bonds is 8. The first-order chi connectivity index (χ1) is 35.7. The van der Waals surface area contributed by atoms with Crippen LogP contribution in [0.25, 0.3) is 44.5 Å². The SMILES string of the molecule is CC1(C)c2ccccc2-c2ccc(N(c3ccccc3)c3cccc(-c4ccc5c(c4)C(C)(C)c4ccc(-c6cccc(N(c7ccccc7)c7ccc8c(c7)C(C)(C)c7ccccc7-8)c6)cc4C5(C)C)c3)cc21. The van der Waals surface area contributed by atoms with E-state index >= 15 is 0 Å². The van der Waals surface area contributed by atoms with Crippen molar-refractivity contribution in [1.29, 1.82) is 0 Å². The van der Waals surface area contributed by atoms with Gasteiger partial charge in [-0.15, -0.1) is 0 Å². The Hall–Kier alpha value is -8.20. The summed E-state index contributed by atoms with van der Waals surface area (Å²) >= 11 is 0. The zero-order valence-corrected chi connectivity index (χ0v) is 43.8. The molecule has 0 amide bonds. The lowest BCUT2D eigenvalue weighted by Gasteiger charge is -2.44. The molecule has 13 rings (SSSR count). The second kappa shape index (κ2) is 16.7. The third kappa shape index (κ3) is 6.98. The van der Waals surface area contributed by atoms with Gasteiger partial charge >= 0.3 is 0 Å². The maximum atomic E-state index is 2.48. The average molecular weight is 955 g/mol. The van der Waals surface area contributed by atoms with Crippen LogP contribution in [-0.4, -0.2) is 0 Å². The molecule has 0 atom stereocenters. The highest BCUT2D eigenvalue weighted by atomic mass is 15.1. The van der Waals surface area contributed by atoms with Gasteiger partial charge in [0.05, 0.1) is 0 Å². The summed E-state index contributed by atoms with van der Waals surface area (Å²) in [5.41, 5.74) is 27.4. The normalized spacial score (nSPS) is 15.5. The van der Waals surface area contributed by atoms with E-state index in [-0.39, 0.29) is 21.7 Å². The van der Waals surface area contributed by atoms with E-state index in [1.165, 1.54) is 89.0 Å². The van der Waals surface area contributed by atoms with Gasteiger partial charge in [-0.3, -0.25) is 0 Å². The Morgan fingerprint density at radius 2 is 0.527 bits per heavy atom. The van der Waals surface area contributed by atoms with Crippen LogP contribution in [0.15, 0.2) is 231 Å². The molecule has 3 aliphatic carbocycles. The van der Waals surface area contributed by atoms with E-state index < -0.39 is 0 Å². The molecule has 0 aliphatic heterocycles. The lowest BCUT2D eigenvalue weighted by atomic mass is 9.59. The molecule has 74 heavy (non-hydrogen) atoms. The molecule has 0 heterocycles. The summed E-state index contributed by atoms with van der Waals surface area (Å²) in [7, 11) is 0. The first-order valence-electron chi connectivity index (χ1n) is 26.4. The van der Waals surface area contributed by atoms with Crippen molar-refractivity contribution in [3.63, 3.8) is 0 Å². The molecule has 10 aromatic carbocycles. The molecular formula is C72H62N2. The highest BCUT2D eigenvalue weighted by Gasteiger charge is 2.42. The monoisotopic (exact) mass is 954 g/mol. The largest absolute Gasteiger partial charge is 0.310 e. The number of fused-ring (bicyclic) bond motifs is 8. The van der Waals surface area contributed by atoms with Crippen LogP contribution in [0.4, 0.5) is 34.1 Å². The Bertz CT molecular complexity index is 3600. The van der Waals surface area contributed by atoms with Crippen LogP contribution in [0.1, 0.15) is 99.9 Å². The number of para-hydroxylation sites is 2. The summed E-state index contributed by atoms with van der Waals surface area (Å²) in [5, 5.41) is 0. The maximum Gasteiger partial charge on any atom is 0.0467 e. The summed E-state index contributed by atoms with van der Waals surface area (Å²) in [6.07, 6.45) is 0. The summed E-state index contributed by atoms with van der Waals surface area (Å²) in [6, 6.07) is 86.3. The first-order valence-corrected chi connectivity index (χ1v) is 26.4. The summed E-state index contributed by atoms with van der Waals surface area (Å²) in [4.78, 5) is 4.84. The second-order valence-electron chi connectivity index (χ2n) is 23.0. The minimum absolute atomic E-state index is 0.0960. The molecule has 360 valence electrons. The maximum absolute atomic E-state index is 2.48. The fraction of sp³-hybridized carbons (Fsp3) is 0.167. The highest BCUT2D eigenvalue weighted by molar-refractivity contribution is 5.89. The second-order valence-corrected chi connectivity index (χ2v) is 23.0. The Kier molecular flexibility index (Phi) is 10.3. The number of benzene rings is 10. The number of nitrogens with zero attached hydrogens (tertiary/aromatic N) is 2. The van der Waals surface area contributed by atoms with Crippen molar-refractivity contribution in [2.24, 2.45) is 0 Å². The molecule has 0 fully saturated rings. The van der Waals surface area contributed by atoms with Gasteiger partial charge in [-0.2, -0.15) is 0 Å². The van der Waals surface area contributed by atoms with Gasteiger partial charge in [-0.05, 0) is 174 Å². The smallest absolute Gasteiger partial charge is 0.0467 e. The molecular weight excluding hydrogens is 893 g/mol. The van der Waals surface area contributed by atoms with E-state index in [9.17, 15) is 0 Å². The van der Waals surface area contributed by atoms with Gasteiger partial charge in [0.1, 0.15) is 0 Å². The fourth-order valence-corrected chi connectivity index (χ4v) is 13.2. The Labute approximate surface area is 438 Å². The third-order valence-electron chi connectivity index (χ3n) is 17.3. The van der Waals surface area contributed by atoms with E-state index in [0.29, 0.717) is 0 Å². The predicted molar refractivity (Wildman–Crippen MR) is 313 cm³/mol. The van der Waals surface area contributed by atoms with E-state index in [4.69, 9.17) is 0 Å². The summed E-state index contributed by atoms with van der Waals surface area (Å²) in [6.45, 7) is 19.1. The highest BCUT2D eigenvalue weighted by Crippen LogP contribution is 2.54. The fourth-order valence-electron chi connectivity index (χ4n) is 13.2. The standard InChI is InChI=1S/C72H62N2/c1-69(2)61-31-17-15-29-57(61)59-37-35-55(45-65(59)69)73(51-23-11-9-12-24-51)53-27-19-21-47(41-53)49-33-39-63-67(43-49)71(5,6)64-40-34-50(44-68(64)72(63,7)8)48-22-20-28-54(42-48)74(52-25-13-10-14-26-52)56-36-38-60-58-30-16-18-32-62(58)70(3,4)66(60)46-56/h9-46H,1-8H3. The lowest BCUT2D eigenvalue weighted by Crippen LogP contribution is -2.36. The zero-order chi connectivity index (χ0) is 50.7. The Balaban J connectivity index is 0.846. The van der Waals surface area contributed by atoms with Crippen molar-refractivity contribution < 1.29 is 0 Å². The van der Waals surface area contributed by atoms with Crippen molar-refractivity contribution in [1.82, 2.24) is 0 Å². The molecule has 0 saturated carbocycles. The summed E-state index contributed by atoms with van der Waals surface area (Å²) < 4.78 is 0. The van der Waals surface area contributed by atoms with Crippen LogP contribution in [-0.2, 0) is 21.7 Å². The molecule has 0 bridgehead atoms. The van der Waals surface area contributed by atoms with Gasteiger partial charge in [0.2, 0.25) is 0 Å². The average Bonchev–Trinajstić information content (AvgIpc) is 3.80. The molecule has 0 N–H and O–H groups in total. The van der Waals surface area contributed by atoms with Crippen molar-refractivity contribution in [3.8, 4) is 44.5 Å². The van der Waals surface area contributed by atoms with Crippen molar-refractivity contribution in [3.05, 3.63) is 275 Å². The lowest BCUT2D eigenvalue weighted by molar-refractivity contribution is 0.521. The van der Waals surface area contributed by atoms with Gasteiger partial charge in [0.15, 0.2) is 0 Å². The topological polar surface area (TPSA) is 6.48 Å². The molecule has 2 heteroatoms. The molecule has 0 spiro atoms. The van der Waals surface area contributed by atoms with Gasteiger partial charge < -0.3 is 9.80 Å². The van der Waals surface area contributed by atoms with Crippen molar-refractivity contribution in [2.75, 3.05) is 9.80 Å². The molecule has 0 unspecified atom stereocenters. The Morgan fingerprint density at radius 1 is 0.203 bits per heavy atom. The molecule has 3 aliphatic rings. The van der Waals surface area contributed by atoms with Gasteiger partial charge in [0.25, 0.3) is 0 Å². The van der Waals surface area contributed by atoms with Crippen LogP contribution in [0.5, 0.6) is 0 Å². The summed E-state index contributed by atoms with van der Waals surface area (Å²) in [5.74, 6) is 0. The third-order valence-corrected chi connectivity index (χ3v) is 17.3. The van der Waals surface area contributed by atoms with E-state index in [0.717, 1.165) is 34.1 Å². The van der Waals surface area contributed by atoms with Crippen molar-refractivity contribution in [2.45, 2.75) is 77.0 Å². The number of hydrogen-bond donors (Lipinski definition) is 0. The predicted octanol–water partition coefficient (Wildman–Crippen LogP) is 19.5. The molecule has 10 aromatic rings. The van der Waals surface area contributed by atoms with Gasteiger partial charge in [-0.1, -0.05) is 201 Å². The van der Waals surface area contributed by atoms with Gasteiger partial charge in [-0.25, -0.2) is 0 Å². The van der Waals surface area contributed by atoms with Crippen LogP contribution >= 0.6 is 0 Å². The van der Waals surface area contributed by atoms with Crippen LogP contribution in [0.3, 0.4) is 0 Å². The van der Waals surface area contributed by atoms with E-state index in [2.05, 4.69) is 296 Å². The molecule has 0 radical (unpaired) electrons. The molecule has 0 saturated heterocycles. The number of hydrogen-bond acceptors (Lipinski definition) is 2.